The molecule has 1 aromatic carbocycles. The quantitative estimate of drug-likeness (QED) is 0.575. The van der Waals surface area contributed by atoms with Gasteiger partial charge in [0.1, 0.15) is 0 Å². The summed E-state index contributed by atoms with van der Waals surface area (Å²) in [4.78, 5) is 12.1. The molecule has 0 amide bonds. The van der Waals surface area contributed by atoms with Gasteiger partial charge in [-0.05, 0) is 34.1 Å². The van der Waals surface area contributed by atoms with E-state index in [0.717, 1.165) is 0 Å². The maximum atomic E-state index is 12.1. The van der Waals surface area contributed by atoms with E-state index in [-0.39, 0.29) is 16.3 Å². The molecule has 0 spiro atoms. The molecule has 0 aliphatic heterocycles. The number of sulfone groups is 1. The number of benzene rings is 1. The molecule has 0 aromatic heterocycles. The number of alkyl halides is 2. The van der Waals surface area contributed by atoms with Gasteiger partial charge in [-0.1, -0.05) is 41.7 Å². The van der Waals surface area contributed by atoms with Crippen LogP contribution in [0.25, 0.3) is 0 Å². The van der Waals surface area contributed by atoms with Crippen LogP contribution in [0.1, 0.15) is 17.3 Å². The molecule has 0 unspecified atom stereocenters. The third-order valence-electron chi connectivity index (χ3n) is 2.21. The van der Waals surface area contributed by atoms with Crippen LogP contribution in [0.15, 0.2) is 18.2 Å². The Balaban J connectivity index is 3.31. The Bertz CT molecular complexity index is 584. The van der Waals surface area contributed by atoms with Crippen molar-refractivity contribution in [3.63, 3.8) is 0 Å². The summed E-state index contributed by atoms with van der Waals surface area (Å²) in [6, 6.07) is 4.10. The van der Waals surface area contributed by atoms with Gasteiger partial charge < -0.3 is 0 Å². The first-order chi connectivity index (χ1) is 8.13. The SMILES string of the molecule is CCS(=O)(=O)[C@@](Cl)(Br)C(=O)c1ccc(Cl)cc1Cl. The zero-order valence-corrected chi connectivity index (χ0v) is 13.8. The van der Waals surface area contributed by atoms with Crippen LogP contribution in [0.2, 0.25) is 10.0 Å². The molecule has 0 radical (unpaired) electrons. The fraction of sp³-hybridized carbons (Fsp3) is 0.300. The first kappa shape index (κ1) is 16.2. The van der Waals surface area contributed by atoms with Gasteiger partial charge >= 0.3 is 0 Å². The van der Waals surface area contributed by atoms with Crippen molar-refractivity contribution < 1.29 is 13.2 Å². The molecule has 0 fully saturated rings. The van der Waals surface area contributed by atoms with E-state index in [2.05, 4.69) is 15.9 Å². The fourth-order valence-electron chi connectivity index (χ4n) is 1.15. The first-order valence-electron chi connectivity index (χ1n) is 4.73. The Hall–Kier alpha value is 0.190. The second kappa shape index (κ2) is 5.67. The minimum absolute atomic E-state index is 0.00929. The van der Waals surface area contributed by atoms with Crippen molar-refractivity contribution in [1.29, 1.82) is 0 Å². The largest absolute Gasteiger partial charge is 0.290 e. The molecule has 8 heteroatoms. The topological polar surface area (TPSA) is 51.2 Å². The summed E-state index contributed by atoms with van der Waals surface area (Å²) in [7, 11) is -3.83. The molecule has 0 saturated heterocycles. The van der Waals surface area contributed by atoms with E-state index < -0.39 is 18.7 Å². The lowest BCUT2D eigenvalue weighted by atomic mass is 10.1. The molecule has 0 saturated carbocycles. The Labute approximate surface area is 128 Å². The summed E-state index contributed by atoms with van der Waals surface area (Å²) in [5, 5.41) is 0.382. The second-order valence-corrected chi connectivity index (χ2v) is 9.60. The molecule has 0 aliphatic rings. The van der Waals surface area contributed by atoms with Crippen molar-refractivity contribution >= 4 is 66.4 Å². The summed E-state index contributed by atoms with van der Waals surface area (Å²) in [6.07, 6.45) is 0. The molecule has 0 aliphatic carbocycles. The Morgan fingerprint density at radius 1 is 1.39 bits per heavy atom. The van der Waals surface area contributed by atoms with Gasteiger partial charge in [0.05, 0.1) is 10.8 Å². The van der Waals surface area contributed by atoms with Crippen molar-refractivity contribution in [2.75, 3.05) is 5.75 Å². The normalized spacial score (nSPS) is 15.2. The van der Waals surface area contributed by atoms with Crippen LogP contribution < -0.4 is 0 Å². The summed E-state index contributed by atoms with van der Waals surface area (Å²) < 4.78 is 21.3. The highest BCUT2D eigenvalue weighted by atomic mass is 79.9. The standard InChI is InChI=1S/C10H8BrCl3O3S/c1-2-18(16,17)10(11,14)9(15)7-4-3-6(12)5-8(7)13/h3-5H,2H2,1H3/t10-/m1/s1. The smallest absolute Gasteiger partial charge is 0.261 e. The average molecular weight is 395 g/mol. The van der Waals surface area contributed by atoms with E-state index >= 15 is 0 Å². The van der Waals surface area contributed by atoms with Crippen LogP contribution in [0.5, 0.6) is 0 Å². The van der Waals surface area contributed by atoms with E-state index in [0.29, 0.717) is 5.02 Å². The zero-order valence-electron chi connectivity index (χ0n) is 9.08. The van der Waals surface area contributed by atoms with Gasteiger partial charge in [-0.25, -0.2) is 8.42 Å². The zero-order chi connectivity index (χ0) is 14.1. The number of rotatable bonds is 4. The number of hydrogen-bond acceptors (Lipinski definition) is 3. The number of halogens is 4. The molecule has 18 heavy (non-hydrogen) atoms. The van der Waals surface area contributed by atoms with Crippen molar-refractivity contribution in [3.8, 4) is 0 Å². The van der Waals surface area contributed by atoms with Gasteiger partial charge in [-0.15, -0.1) is 0 Å². The minimum atomic E-state index is -3.83. The van der Waals surface area contributed by atoms with Gasteiger partial charge in [0.25, 0.3) is 3.12 Å². The molecule has 3 nitrogen and oxygen atoms in total. The Morgan fingerprint density at radius 2 is 1.94 bits per heavy atom. The van der Waals surface area contributed by atoms with E-state index in [1.165, 1.54) is 25.1 Å². The summed E-state index contributed by atoms with van der Waals surface area (Å²) in [6.45, 7) is 1.39. The molecule has 0 heterocycles. The lowest BCUT2D eigenvalue weighted by molar-refractivity contribution is 0.1000. The average Bonchev–Trinajstić information content (AvgIpc) is 2.28. The number of carbonyl (C=O) groups excluding carboxylic acids is 1. The number of carbonyl (C=O) groups is 1. The highest BCUT2D eigenvalue weighted by Gasteiger charge is 2.46. The van der Waals surface area contributed by atoms with E-state index in [1.807, 2.05) is 0 Å². The van der Waals surface area contributed by atoms with Crippen molar-refractivity contribution in [2.24, 2.45) is 0 Å². The van der Waals surface area contributed by atoms with Gasteiger partial charge in [0, 0.05) is 10.6 Å². The van der Waals surface area contributed by atoms with E-state index in [9.17, 15) is 13.2 Å². The van der Waals surface area contributed by atoms with Crippen molar-refractivity contribution in [1.82, 2.24) is 0 Å². The molecular formula is C10H8BrCl3O3S. The highest BCUT2D eigenvalue weighted by molar-refractivity contribution is 9.12. The van der Waals surface area contributed by atoms with Crippen LogP contribution in [-0.2, 0) is 9.84 Å². The lowest BCUT2D eigenvalue weighted by Gasteiger charge is -2.18. The Kier molecular flexibility index (Phi) is 5.12. The molecule has 1 aromatic rings. The third-order valence-corrected chi connectivity index (χ3v) is 7.20. The summed E-state index contributed by atoms with van der Waals surface area (Å²) in [5.74, 6) is -1.12. The molecular weight excluding hydrogens is 386 g/mol. The molecule has 1 rings (SSSR count). The molecule has 0 N–H and O–H groups in total. The number of ketones is 1. The second-order valence-electron chi connectivity index (χ2n) is 3.37. The van der Waals surface area contributed by atoms with Gasteiger partial charge in [0.15, 0.2) is 9.84 Å². The monoisotopic (exact) mass is 392 g/mol. The van der Waals surface area contributed by atoms with E-state index in [1.54, 1.807) is 0 Å². The predicted molar refractivity (Wildman–Crippen MR) is 77.8 cm³/mol. The maximum Gasteiger partial charge on any atom is 0.261 e. The van der Waals surface area contributed by atoms with Gasteiger partial charge in [-0.3, -0.25) is 4.79 Å². The van der Waals surface area contributed by atoms with Crippen LogP contribution in [-0.4, -0.2) is 23.1 Å². The van der Waals surface area contributed by atoms with E-state index in [4.69, 9.17) is 34.8 Å². The maximum absolute atomic E-state index is 12.1. The van der Waals surface area contributed by atoms with Crippen LogP contribution in [0.3, 0.4) is 0 Å². The molecule has 0 bridgehead atoms. The fourth-order valence-corrected chi connectivity index (χ4v) is 3.73. The first-order valence-corrected chi connectivity index (χ1v) is 8.31. The summed E-state index contributed by atoms with van der Waals surface area (Å²) >= 11 is 20.1. The van der Waals surface area contributed by atoms with Crippen molar-refractivity contribution in [3.05, 3.63) is 33.8 Å². The van der Waals surface area contributed by atoms with Crippen LogP contribution in [0.4, 0.5) is 0 Å². The predicted octanol–water partition coefficient (Wildman–Crippen LogP) is 3.90. The van der Waals surface area contributed by atoms with Gasteiger partial charge in [0.2, 0.25) is 5.78 Å². The van der Waals surface area contributed by atoms with Crippen LogP contribution in [0, 0.1) is 0 Å². The van der Waals surface area contributed by atoms with Crippen LogP contribution >= 0.6 is 50.7 Å². The highest BCUT2D eigenvalue weighted by Crippen LogP contribution is 2.37. The lowest BCUT2D eigenvalue weighted by Crippen LogP contribution is -2.36. The summed E-state index contributed by atoms with van der Waals surface area (Å²) in [5.41, 5.74) is -0.00929. The Morgan fingerprint density at radius 3 is 2.39 bits per heavy atom. The molecule has 1 atom stereocenters. The molecule has 100 valence electrons. The minimum Gasteiger partial charge on any atom is -0.290 e. The van der Waals surface area contributed by atoms with Gasteiger partial charge in [-0.2, -0.15) is 0 Å². The number of hydrogen-bond donors (Lipinski definition) is 0. The third kappa shape index (κ3) is 3.02. The van der Waals surface area contributed by atoms with Crippen molar-refractivity contribution in [2.45, 2.75) is 10.0 Å². The number of Topliss-reactive ketones (excluding diaryl/α,β-unsaturated/α-hetero) is 1.